The van der Waals surface area contributed by atoms with E-state index in [9.17, 15) is 9.59 Å². The van der Waals surface area contributed by atoms with Crippen LogP contribution in [0.3, 0.4) is 0 Å². The SMILES string of the molecule is CC(C)O.CC(C)O.COC(=O)CC(C)=O.[Ti]. The van der Waals surface area contributed by atoms with Gasteiger partial charge in [-0.3, -0.25) is 9.59 Å². The van der Waals surface area contributed by atoms with Gasteiger partial charge in [0, 0.05) is 33.9 Å². The summed E-state index contributed by atoms with van der Waals surface area (Å²) in [4.78, 5) is 20.3. The second-order valence-corrected chi connectivity index (χ2v) is 3.64. The van der Waals surface area contributed by atoms with E-state index in [1.807, 2.05) is 0 Å². The van der Waals surface area contributed by atoms with Gasteiger partial charge in [0.15, 0.2) is 0 Å². The van der Waals surface area contributed by atoms with Crippen molar-refractivity contribution in [1.82, 2.24) is 0 Å². The van der Waals surface area contributed by atoms with Crippen LogP contribution >= 0.6 is 0 Å². The monoisotopic (exact) mass is 284 g/mol. The summed E-state index contributed by atoms with van der Waals surface area (Å²) in [6.45, 7) is 8.23. The summed E-state index contributed by atoms with van der Waals surface area (Å²) in [5.74, 6) is -0.644. The van der Waals surface area contributed by atoms with E-state index < -0.39 is 5.97 Å². The molecule has 0 saturated carbocycles. The number of esters is 1. The molecule has 0 bridgehead atoms. The van der Waals surface area contributed by atoms with Crippen molar-refractivity contribution >= 4 is 11.8 Å². The average molecular weight is 284 g/mol. The summed E-state index contributed by atoms with van der Waals surface area (Å²) >= 11 is 0. The van der Waals surface area contributed by atoms with Gasteiger partial charge in [0.05, 0.1) is 7.11 Å². The normalized spacial score (nSPS) is 8.12. The first-order valence-corrected chi connectivity index (χ1v) is 5.05. The van der Waals surface area contributed by atoms with Crippen LogP contribution in [0.5, 0.6) is 0 Å². The van der Waals surface area contributed by atoms with E-state index in [1.54, 1.807) is 27.7 Å². The van der Waals surface area contributed by atoms with Gasteiger partial charge in [0.25, 0.3) is 0 Å². The molecular weight excluding hydrogens is 260 g/mol. The summed E-state index contributed by atoms with van der Waals surface area (Å²) in [7, 11) is 1.26. The maximum Gasteiger partial charge on any atom is 0.313 e. The Morgan fingerprint density at radius 1 is 1.06 bits per heavy atom. The molecule has 0 aromatic rings. The van der Waals surface area contributed by atoms with Gasteiger partial charge in [-0.2, -0.15) is 0 Å². The Balaban J connectivity index is -0.0000000806. The quantitative estimate of drug-likeness (QED) is 0.447. The number of aliphatic hydroxyl groups excluding tert-OH is 2. The molecule has 0 aromatic heterocycles. The molecule has 0 radical (unpaired) electrons. The van der Waals surface area contributed by atoms with E-state index in [2.05, 4.69) is 4.74 Å². The topological polar surface area (TPSA) is 83.8 Å². The van der Waals surface area contributed by atoms with Crippen LogP contribution in [0.1, 0.15) is 41.0 Å². The molecule has 0 unspecified atom stereocenters. The van der Waals surface area contributed by atoms with Crippen molar-refractivity contribution in [1.29, 1.82) is 0 Å². The first-order chi connectivity index (χ1) is 7.13. The molecule has 0 aliphatic rings. The molecule has 2 N–H and O–H groups in total. The number of hydrogen-bond donors (Lipinski definition) is 2. The fourth-order valence-electron chi connectivity index (χ4n) is 0.275. The molecule has 0 saturated heterocycles. The molecule has 0 aromatic carbocycles. The van der Waals surface area contributed by atoms with Gasteiger partial charge in [-0.1, -0.05) is 0 Å². The van der Waals surface area contributed by atoms with Gasteiger partial charge in [-0.05, 0) is 34.6 Å². The number of ether oxygens (including phenoxy) is 1. The van der Waals surface area contributed by atoms with Crippen LogP contribution < -0.4 is 0 Å². The first-order valence-electron chi connectivity index (χ1n) is 5.05. The minimum absolute atomic E-state index is 0. The van der Waals surface area contributed by atoms with Crippen molar-refractivity contribution in [3.8, 4) is 0 Å². The van der Waals surface area contributed by atoms with Crippen molar-refractivity contribution in [3.63, 3.8) is 0 Å². The second-order valence-electron chi connectivity index (χ2n) is 3.64. The minimum Gasteiger partial charge on any atom is -0.469 e. The smallest absolute Gasteiger partial charge is 0.313 e. The molecule has 0 rings (SSSR count). The van der Waals surface area contributed by atoms with E-state index in [0.717, 1.165) is 0 Å². The van der Waals surface area contributed by atoms with Gasteiger partial charge in [0.2, 0.25) is 0 Å². The van der Waals surface area contributed by atoms with Gasteiger partial charge in [-0.25, -0.2) is 0 Å². The van der Waals surface area contributed by atoms with Crippen LogP contribution in [0.15, 0.2) is 0 Å². The van der Waals surface area contributed by atoms with Crippen LogP contribution in [0.25, 0.3) is 0 Å². The molecule has 17 heavy (non-hydrogen) atoms. The molecular formula is C11H24O5Ti. The third-order valence-corrected chi connectivity index (χ3v) is 0.621. The van der Waals surface area contributed by atoms with Crippen LogP contribution in [0.2, 0.25) is 0 Å². The van der Waals surface area contributed by atoms with E-state index >= 15 is 0 Å². The molecule has 0 aliphatic heterocycles. The van der Waals surface area contributed by atoms with Gasteiger partial charge in [-0.15, -0.1) is 0 Å². The third-order valence-electron chi connectivity index (χ3n) is 0.621. The minimum atomic E-state index is -0.475. The first kappa shape index (κ1) is 25.6. The number of aliphatic hydroxyl groups is 2. The third kappa shape index (κ3) is 89.8. The Labute approximate surface area is 118 Å². The number of Topliss-reactive ketones (excluding diaryl/α,β-unsaturated/α-hetero) is 1. The number of hydrogen-bond acceptors (Lipinski definition) is 5. The van der Waals surface area contributed by atoms with Crippen molar-refractivity contribution in [2.75, 3.05) is 7.11 Å². The largest absolute Gasteiger partial charge is 0.469 e. The van der Waals surface area contributed by atoms with Crippen molar-refractivity contribution in [2.45, 2.75) is 53.2 Å². The van der Waals surface area contributed by atoms with Crippen molar-refractivity contribution < 1.29 is 46.3 Å². The number of methoxy groups -OCH3 is 1. The van der Waals surface area contributed by atoms with Crippen molar-refractivity contribution in [2.24, 2.45) is 0 Å². The Bertz CT molecular complexity index is 169. The van der Waals surface area contributed by atoms with Gasteiger partial charge in [0.1, 0.15) is 12.2 Å². The molecule has 0 amide bonds. The fraction of sp³-hybridized carbons (Fsp3) is 0.818. The van der Waals surface area contributed by atoms with Crippen LogP contribution in [-0.4, -0.2) is 41.3 Å². The zero-order valence-electron chi connectivity index (χ0n) is 11.5. The Morgan fingerprint density at radius 2 is 1.29 bits per heavy atom. The maximum absolute atomic E-state index is 10.2. The average Bonchev–Trinajstić information content (AvgIpc) is 2.00. The predicted molar refractivity (Wildman–Crippen MR) is 62.0 cm³/mol. The summed E-state index contributed by atoms with van der Waals surface area (Å²) < 4.78 is 4.20. The molecule has 0 aliphatic carbocycles. The predicted octanol–water partition coefficient (Wildman–Crippen LogP) is 0.910. The van der Waals surface area contributed by atoms with Crippen LogP contribution in [0.4, 0.5) is 0 Å². The number of rotatable bonds is 2. The van der Waals surface area contributed by atoms with E-state index in [0.29, 0.717) is 0 Å². The van der Waals surface area contributed by atoms with E-state index in [4.69, 9.17) is 10.2 Å². The number of carbonyl (C=O) groups excluding carboxylic acids is 2. The summed E-state index contributed by atoms with van der Waals surface area (Å²) in [5.41, 5.74) is 0. The van der Waals surface area contributed by atoms with Gasteiger partial charge < -0.3 is 14.9 Å². The molecule has 0 heterocycles. The summed E-state index contributed by atoms with van der Waals surface area (Å²) in [6, 6.07) is 0. The molecule has 0 fully saturated rings. The zero-order chi connectivity index (χ0) is 13.7. The zero-order valence-corrected chi connectivity index (χ0v) is 13.0. The van der Waals surface area contributed by atoms with E-state index in [1.165, 1.54) is 14.0 Å². The molecule has 5 nitrogen and oxygen atoms in total. The van der Waals surface area contributed by atoms with Gasteiger partial charge >= 0.3 is 5.97 Å². The second kappa shape index (κ2) is 18.1. The van der Waals surface area contributed by atoms with E-state index in [-0.39, 0.29) is 46.1 Å². The Morgan fingerprint density at radius 3 is 1.35 bits per heavy atom. The standard InChI is InChI=1S/C5H8O3.2C3H8O.Ti/c1-4(6)3-5(7)8-2;2*1-3(2)4;/h3H2,1-2H3;2*3-4H,1-2H3;. The molecule has 102 valence electrons. The summed E-state index contributed by atoms with van der Waals surface area (Å²) in [6.07, 6.45) is -0.448. The molecule has 0 spiro atoms. The fourth-order valence-corrected chi connectivity index (χ4v) is 0.275. The molecule has 6 heteroatoms. The number of carbonyl (C=O) groups is 2. The Hall–Kier alpha value is -0.226. The maximum atomic E-state index is 10.2. The Kier molecular flexibility index (Phi) is 27.3. The van der Waals surface area contributed by atoms with Crippen molar-refractivity contribution in [3.05, 3.63) is 0 Å². The summed E-state index contributed by atoms with van der Waals surface area (Å²) in [5, 5.41) is 16.1. The molecule has 0 atom stereocenters. The number of ketones is 1. The van der Waals surface area contributed by atoms with Crippen LogP contribution in [0, 0.1) is 0 Å². The van der Waals surface area contributed by atoms with Crippen LogP contribution in [-0.2, 0) is 36.0 Å².